The summed E-state index contributed by atoms with van der Waals surface area (Å²) in [5, 5.41) is 3.14. The summed E-state index contributed by atoms with van der Waals surface area (Å²) in [6.45, 7) is 1.97. The fourth-order valence-electron chi connectivity index (χ4n) is 2.69. The van der Waals surface area contributed by atoms with Gasteiger partial charge in [-0.3, -0.25) is 0 Å². The van der Waals surface area contributed by atoms with Crippen molar-refractivity contribution in [1.29, 1.82) is 0 Å². The molecule has 0 bridgehead atoms. The summed E-state index contributed by atoms with van der Waals surface area (Å²) in [6.07, 6.45) is 4.75. The van der Waals surface area contributed by atoms with Crippen molar-refractivity contribution in [1.82, 2.24) is 0 Å². The highest BCUT2D eigenvalue weighted by Crippen LogP contribution is 2.36. The summed E-state index contributed by atoms with van der Waals surface area (Å²) in [7, 11) is 0. The van der Waals surface area contributed by atoms with Gasteiger partial charge in [0, 0.05) is 15.8 Å². The van der Waals surface area contributed by atoms with E-state index in [0.717, 1.165) is 25.0 Å². The van der Waals surface area contributed by atoms with E-state index in [1.165, 1.54) is 28.2 Å². The van der Waals surface area contributed by atoms with E-state index in [0.29, 0.717) is 0 Å². The lowest BCUT2D eigenvalue weighted by atomic mass is 9.99. The highest BCUT2D eigenvalue weighted by Gasteiger charge is 2.18. The zero-order valence-electron chi connectivity index (χ0n) is 11.7. The van der Waals surface area contributed by atoms with Gasteiger partial charge in [0.1, 0.15) is 5.82 Å². The Balaban J connectivity index is 1.83. The smallest absolute Gasteiger partial charge is 0.150 e. The first-order valence-electron chi connectivity index (χ1n) is 7.07. The second-order valence-electron chi connectivity index (χ2n) is 5.41. The standard InChI is InChI=1S/C16H16ClF2NS/c1-9(15-6-10-4-2-3-5-14(10)21-15)20-16-12(17)7-11(18)8-13(16)19/h6-9,20H,2-5H2,1H3. The Labute approximate surface area is 131 Å². The topological polar surface area (TPSA) is 12.0 Å². The second-order valence-corrected chi connectivity index (χ2v) is 6.99. The third-order valence-electron chi connectivity index (χ3n) is 3.81. The minimum absolute atomic E-state index is 0.0574. The van der Waals surface area contributed by atoms with Crippen LogP contribution < -0.4 is 5.32 Å². The SMILES string of the molecule is CC(Nc1c(F)cc(F)cc1Cl)c1cc2c(s1)CCCC2. The number of thiophene rings is 1. The number of benzene rings is 1. The van der Waals surface area contributed by atoms with E-state index in [2.05, 4.69) is 11.4 Å². The number of nitrogens with one attached hydrogen (secondary N) is 1. The van der Waals surface area contributed by atoms with Gasteiger partial charge in [-0.1, -0.05) is 11.6 Å². The summed E-state index contributed by atoms with van der Waals surface area (Å²) in [6, 6.07) is 4.11. The van der Waals surface area contributed by atoms with Crippen LogP contribution in [0.25, 0.3) is 0 Å². The molecular weight excluding hydrogens is 312 g/mol. The normalized spacial score (nSPS) is 15.6. The Bertz CT molecular complexity index is 622. The van der Waals surface area contributed by atoms with Crippen LogP contribution in [-0.2, 0) is 12.8 Å². The molecular formula is C16H16ClF2NS. The highest BCUT2D eigenvalue weighted by molar-refractivity contribution is 7.12. The Hall–Kier alpha value is -1.13. The third kappa shape index (κ3) is 3.06. The largest absolute Gasteiger partial charge is 0.374 e. The maximum absolute atomic E-state index is 13.8. The van der Waals surface area contributed by atoms with Gasteiger partial charge in [-0.15, -0.1) is 11.3 Å². The molecule has 0 aliphatic heterocycles. The van der Waals surface area contributed by atoms with Crippen molar-refractivity contribution in [2.45, 2.75) is 38.6 Å². The summed E-state index contributed by atoms with van der Waals surface area (Å²) < 4.78 is 26.9. The van der Waals surface area contributed by atoms with Crippen molar-refractivity contribution in [3.63, 3.8) is 0 Å². The van der Waals surface area contributed by atoms with Crippen LogP contribution in [0.15, 0.2) is 18.2 Å². The van der Waals surface area contributed by atoms with Crippen LogP contribution in [0.5, 0.6) is 0 Å². The molecule has 0 spiro atoms. The molecule has 3 rings (SSSR count). The summed E-state index contributed by atoms with van der Waals surface area (Å²) in [5.41, 5.74) is 1.58. The predicted molar refractivity (Wildman–Crippen MR) is 84.4 cm³/mol. The van der Waals surface area contributed by atoms with Gasteiger partial charge in [0.05, 0.1) is 16.8 Å². The molecule has 0 saturated carbocycles. The molecule has 1 heterocycles. The van der Waals surface area contributed by atoms with Crippen LogP contribution in [0.2, 0.25) is 5.02 Å². The zero-order chi connectivity index (χ0) is 15.0. The number of aryl methyl sites for hydroxylation is 2. The van der Waals surface area contributed by atoms with E-state index in [1.54, 1.807) is 11.3 Å². The van der Waals surface area contributed by atoms with Crippen molar-refractivity contribution in [3.05, 3.63) is 50.2 Å². The third-order valence-corrected chi connectivity index (χ3v) is 5.53. The minimum atomic E-state index is -0.665. The van der Waals surface area contributed by atoms with E-state index in [-0.39, 0.29) is 16.8 Å². The van der Waals surface area contributed by atoms with Crippen molar-refractivity contribution in [2.75, 3.05) is 5.32 Å². The molecule has 2 aromatic rings. The number of halogens is 3. The molecule has 5 heteroatoms. The molecule has 112 valence electrons. The van der Waals surface area contributed by atoms with Crippen LogP contribution in [0.1, 0.15) is 41.1 Å². The van der Waals surface area contributed by atoms with Gasteiger partial charge < -0.3 is 5.32 Å². The molecule has 1 aromatic heterocycles. The quantitative estimate of drug-likeness (QED) is 0.759. The predicted octanol–water partition coefficient (Wildman–Crippen LogP) is 5.73. The molecule has 0 saturated heterocycles. The van der Waals surface area contributed by atoms with E-state index >= 15 is 0 Å². The van der Waals surface area contributed by atoms with E-state index in [4.69, 9.17) is 11.6 Å². The maximum atomic E-state index is 13.8. The zero-order valence-corrected chi connectivity index (χ0v) is 13.3. The van der Waals surface area contributed by atoms with E-state index in [9.17, 15) is 8.78 Å². The first kappa shape index (κ1) is 14.8. The minimum Gasteiger partial charge on any atom is -0.374 e. The van der Waals surface area contributed by atoms with E-state index < -0.39 is 11.6 Å². The molecule has 1 nitrogen and oxygen atoms in total. The second kappa shape index (κ2) is 5.93. The van der Waals surface area contributed by atoms with Crippen LogP contribution in [0.3, 0.4) is 0 Å². The van der Waals surface area contributed by atoms with Crippen molar-refractivity contribution in [2.24, 2.45) is 0 Å². The van der Waals surface area contributed by atoms with Gasteiger partial charge in [-0.25, -0.2) is 8.78 Å². The lowest BCUT2D eigenvalue weighted by Gasteiger charge is -2.15. The summed E-state index contributed by atoms with van der Waals surface area (Å²) in [5.74, 6) is -1.32. The lowest BCUT2D eigenvalue weighted by Crippen LogP contribution is -2.07. The van der Waals surface area contributed by atoms with Crippen molar-refractivity contribution in [3.8, 4) is 0 Å². The Morgan fingerprint density at radius 2 is 1.95 bits per heavy atom. The van der Waals surface area contributed by atoms with Gasteiger partial charge in [0.15, 0.2) is 5.82 Å². The van der Waals surface area contributed by atoms with Gasteiger partial charge in [-0.05, 0) is 50.3 Å². The van der Waals surface area contributed by atoms with Gasteiger partial charge in [0.2, 0.25) is 0 Å². The van der Waals surface area contributed by atoms with Crippen molar-refractivity contribution < 1.29 is 8.78 Å². The number of hydrogen-bond acceptors (Lipinski definition) is 2. The average Bonchev–Trinajstić information content (AvgIpc) is 2.86. The molecule has 1 aliphatic rings. The maximum Gasteiger partial charge on any atom is 0.150 e. The van der Waals surface area contributed by atoms with Gasteiger partial charge in [0.25, 0.3) is 0 Å². The first-order chi connectivity index (χ1) is 10.0. The highest BCUT2D eigenvalue weighted by atomic mass is 35.5. The fourth-order valence-corrected chi connectivity index (χ4v) is 4.20. The van der Waals surface area contributed by atoms with Crippen LogP contribution >= 0.6 is 22.9 Å². The number of anilines is 1. The Morgan fingerprint density at radius 1 is 1.19 bits per heavy atom. The molecule has 1 aliphatic carbocycles. The van der Waals surface area contributed by atoms with Crippen molar-refractivity contribution >= 4 is 28.6 Å². The molecule has 0 fully saturated rings. The monoisotopic (exact) mass is 327 g/mol. The molecule has 0 amide bonds. The average molecular weight is 328 g/mol. The van der Waals surface area contributed by atoms with Gasteiger partial charge in [-0.2, -0.15) is 0 Å². The molecule has 0 radical (unpaired) electrons. The van der Waals surface area contributed by atoms with Crippen LogP contribution in [0, 0.1) is 11.6 Å². The molecule has 21 heavy (non-hydrogen) atoms. The number of rotatable bonds is 3. The lowest BCUT2D eigenvalue weighted by molar-refractivity contribution is 0.584. The van der Waals surface area contributed by atoms with E-state index in [1.807, 2.05) is 6.92 Å². The molecule has 1 aromatic carbocycles. The van der Waals surface area contributed by atoms with Gasteiger partial charge >= 0.3 is 0 Å². The Morgan fingerprint density at radius 3 is 2.67 bits per heavy atom. The van der Waals surface area contributed by atoms with Crippen LogP contribution in [0.4, 0.5) is 14.5 Å². The Kier molecular flexibility index (Phi) is 4.18. The molecule has 1 N–H and O–H groups in total. The fraction of sp³-hybridized carbons (Fsp3) is 0.375. The first-order valence-corrected chi connectivity index (χ1v) is 8.26. The van der Waals surface area contributed by atoms with Crippen LogP contribution in [-0.4, -0.2) is 0 Å². The number of hydrogen-bond donors (Lipinski definition) is 1. The molecule has 1 atom stereocenters. The summed E-state index contributed by atoms with van der Waals surface area (Å²) >= 11 is 7.70. The molecule has 1 unspecified atom stereocenters. The summed E-state index contributed by atoms with van der Waals surface area (Å²) in [4.78, 5) is 2.61. The number of fused-ring (bicyclic) bond motifs is 1.